The molecule has 0 aliphatic heterocycles. The second-order valence-corrected chi connectivity index (χ2v) is 10.5. The van der Waals surface area contributed by atoms with E-state index in [1.54, 1.807) is 30.3 Å². The molecular formula is C26H26ClN3O3S. The highest BCUT2D eigenvalue weighted by Gasteiger charge is 2.32. The number of aryl methyl sites for hydroxylation is 1. The average molecular weight is 496 g/mol. The van der Waals surface area contributed by atoms with Crippen LogP contribution in [0.15, 0.2) is 82.5 Å². The molecule has 4 aromatic rings. The molecule has 0 N–H and O–H groups in total. The van der Waals surface area contributed by atoms with Crippen molar-refractivity contribution in [3.63, 3.8) is 0 Å². The average Bonchev–Trinajstić information content (AvgIpc) is 2.85. The summed E-state index contributed by atoms with van der Waals surface area (Å²) in [6.45, 7) is 3.94. The van der Waals surface area contributed by atoms with Crippen LogP contribution in [-0.4, -0.2) is 29.3 Å². The molecule has 1 heterocycles. The molecule has 34 heavy (non-hydrogen) atoms. The number of hydrogen-bond acceptors (Lipinski definition) is 4. The molecule has 1 unspecified atom stereocenters. The zero-order chi connectivity index (χ0) is 24.5. The third-order valence-electron chi connectivity index (χ3n) is 6.02. The maximum Gasteiger partial charge on any atom is 0.266 e. The number of hydrogen-bond donors (Lipinski definition) is 0. The molecule has 0 radical (unpaired) electrons. The number of fused-ring (bicyclic) bond motifs is 1. The molecule has 8 heteroatoms. The summed E-state index contributed by atoms with van der Waals surface area (Å²) < 4.78 is 29.7. The van der Waals surface area contributed by atoms with Gasteiger partial charge in [0.25, 0.3) is 5.56 Å². The van der Waals surface area contributed by atoms with Gasteiger partial charge in [0.2, 0.25) is 10.0 Å². The quantitative estimate of drug-likeness (QED) is 0.345. The van der Waals surface area contributed by atoms with Crippen LogP contribution in [0.25, 0.3) is 16.6 Å². The first kappa shape index (κ1) is 24.1. The molecular weight excluding hydrogens is 470 g/mol. The van der Waals surface area contributed by atoms with Crippen molar-refractivity contribution < 1.29 is 8.42 Å². The minimum atomic E-state index is -3.87. The highest BCUT2D eigenvalue weighted by Crippen LogP contribution is 2.30. The van der Waals surface area contributed by atoms with Crippen molar-refractivity contribution in [1.82, 2.24) is 13.9 Å². The first-order chi connectivity index (χ1) is 16.3. The molecule has 3 aromatic carbocycles. The van der Waals surface area contributed by atoms with Gasteiger partial charge in [0, 0.05) is 12.1 Å². The number of halogens is 1. The van der Waals surface area contributed by atoms with E-state index in [0.717, 1.165) is 12.0 Å². The maximum absolute atomic E-state index is 13.6. The van der Waals surface area contributed by atoms with Crippen LogP contribution < -0.4 is 5.56 Å². The van der Waals surface area contributed by atoms with Crippen molar-refractivity contribution in [2.24, 2.45) is 0 Å². The van der Waals surface area contributed by atoms with Crippen LogP contribution in [0.4, 0.5) is 0 Å². The van der Waals surface area contributed by atoms with Crippen molar-refractivity contribution in [2.45, 2.75) is 37.6 Å². The van der Waals surface area contributed by atoms with Gasteiger partial charge in [-0.3, -0.25) is 9.36 Å². The monoisotopic (exact) mass is 495 g/mol. The highest BCUT2D eigenvalue weighted by molar-refractivity contribution is 7.89. The van der Waals surface area contributed by atoms with E-state index in [4.69, 9.17) is 16.6 Å². The van der Waals surface area contributed by atoms with Crippen LogP contribution in [0.5, 0.6) is 0 Å². The van der Waals surface area contributed by atoms with Crippen LogP contribution in [0.2, 0.25) is 5.02 Å². The number of nitrogens with zero attached hydrogens (tertiary/aromatic N) is 3. The summed E-state index contributed by atoms with van der Waals surface area (Å²) in [5.74, 6) is 0.371. The normalized spacial score (nSPS) is 12.9. The van der Waals surface area contributed by atoms with Gasteiger partial charge in [-0.2, -0.15) is 4.31 Å². The summed E-state index contributed by atoms with van der Waals surface area (Å²) in [5, 5.41) is 0.929. The third-order valence-corrected chi connectivity index (χ3v) is 8.15. The summed E-state index contributed by atoms with van der Waals surface area (Å²) >= 11 is 5.95. The van der Waals surface area contributed by atoms with Gasteiger partial charge in [-0.05, 0) is 66.9 Å². The van der Waals surface area contributed by atoms with Gasteiger partial charge in [0.15, 0.2) is 0 Å². The van der Waals surface area contributed by atoms with Gasteiger partial charge < -0.3 is 0 Å². The second kappa shape index (κ2) is 9.70. The predicted octanol–water partition coefficient (Wildman–Crippen LogP) is 5.37. The SMILES string of the molecule is CCc1ccc(-n2c(C(CC)N(C)S(=O)(=O)c3ccc(Cl)cc3)nc3ccccc3c2=O)cc1. The van der Waals surface area contributed by atoms with Crippen LogP contribution in [0.1, 0.15) is 37.7 Å². The van der Waals surface area contributed by atoms with E-state index < -0.39 is 16.1 Å². The fraction of sp³-hybridized carbons (Fsp3) is 0.231. The van der Waals surface area contributed by atoms with Crippen LogP contribution in [0.3, 0.4) is 0 Å². The Labute approximate surface area is 204 Å². The highest BCUT2D eigenvalue weighted by atomic mass is 35.5. The molecule has 0 aliphatic rings. The van der Waals surface area contributed by atoms with E-state index in [1.165, 1.54) is 28.1 Å². The van der Waals surface area contributed by atoms with Crippen molar-refractivity contribution in [3.8, 4) is 5.69 Å². The molecule has 0 saturated carbocycles. The topological polar surface area (TPSA) is 72.3 Å². The lowest BCUT2D eigenvalue weighted by atomic mass is 10.1. The minimum Gasteiger partial charge on any atom is -0.268 e. The van der Waals surface area contributed by atoms with Crippen LogP contribution >= 0.6 is 11.6 Å². The third kappa shape index (κ3) is 4.39. The first-order valence-electron chi connectivity index (χ1n) is 11.1. The Hall–Kier alpha value is -3.00. The standard InChI is InChI=1S/C26H26ClN3O3S/c1-4-18-10-14-20(15-11-18)30-25(28-23-9-7-6-8-22(23)26(30)31)24(5-2)29(3)34(32,33)21-16-12-19(27)13-17-21/h6-17,24H,4-5H2,1-3H3. The van der Waals surface area contributed by atoms with E-state index in [-0.39, 0.29) is 10.5 Å². The number of para-hydroxylation sites is 1. The molecule has 0 aliphatic carbocycles. The van der Waals surface area contributed by atoms with Gasteiger partial charge in [-0.1, -0.05) is 49.7 Å². The Bertz CT molecular complexity index is 1480. The van der Waals surface area contributed by atoms with Gasteiger partial charge in [-0.25, -0.2) is 13.4 Å². The smallest absolute Gasteiger partial charge is 0.266 e. The van der Waals surface area contributed by atoms with Gasteiger partial charge in [0.1, 0.15) is 5.82 Å². The fourth-order valence-electron chi connectivity index (χ4n) is 4.05. The van der Waals surface area contributed by atoms with Crippen molar-refractivity contribution >= 4 is 32.5 Å². The van der Waals surface area contributed by atoms with Crippen molar-refractivity contribution in [3.05, 3.63) is 99.6 Å². The number of rotatable bonds is 7. The predicted molar refractivity (Wildman–Crippen MR) is 136 cm³/mol. The lowest BCUT2D eigenvalue weighted by molar-refractivity contribution is 0.347. The van der Waals surface area contributed by atoms with Gasteiger partial charge in [-0.15, -0.1) is 0 Å². The zero-order valence-electron chi connectivity index (χ0n) is 19.3. The van der Waals surface area contributed by atoms with E-state index in [9.17, 15) is 13.2 Å². The molecule has 0 bridgehead atoms. The second-order valence-electron chi connectivity index (χ2n) is 8.05. The Morgan fingerprint density at radius 2 is 1.62 bits per heavy atom. The molecule has 1 atom stereocenters. The fourth-order valence-corrected chi connectivity index (χ4v) is 5.56. The minimum absolute atomic E-state index is 0.125. The molecule has 6 nitrogen and oxygen atoms in total. The van der Waals surface area contributed by atoms with Crippen molar-refractivity contribution in [1.29, 1.82) is 0 Å². The molecule has 0 saturated heterocycles. The summed E-state index contributed by atoms with van der Waals surface area (Å²) in [5.41, 5.74) is 2.08. The molecule has 0 amide bonds. The Kier molecular flexibility index (Phi) is 6.89. The number of benzene rings is 3. The largest absolute Gasteiger partial charge is 0.268 e. The summed E-state index contributed by atoms with van der Waals surface area (Å²) in [6, 6.07) is 20.2. The molecule has 1 aromatic heterocycles. The number of sulfonamides is 1. The van der Waals surface area contributed by atoms with E-state index in [1.807, 2.05) is 37.3 Å². The lowest BCUT2D eigenvalue weighted by Gasteiger charge is -2.28. The molecule has 0 spiro atoms. The summed E-state index contributed by atoms with van der Waals surface area (Å²) in [7, 11) is -2.35. The Morgan fingerprint density at radius 3 is 2.24 bits per heavy atom. The van der Waals surface area contributed by atoms with E-state index in [0.29, 0.717) is 33.9 Å². The summed E-state index contributed by atoms with van der Waals surface area (Å²) in [4.78, 5) is 18.6. The molecule has 4 rings (SSSR count). The van der Waals surface area contributed by atoms with E-state index >= 15 is 0 Å². The first-order valence-corrected chi connectivity index (χ1v) is 12.9. The van der Waals surface area contributed by atoms with E-state index in [2.05, 4.69) is 6.92 Å². The molecule has 0 fully saturated rings. The van der Waals surface area contributed by atoms with Crippen LogP contribution in [-0.2, 0) is 16.4 Å². The number of aromatic nitrogens is 2. The Morgan fingerprint density at radius 1 is 0.971 bits per heavy atom. The zero-order valence-corrected chi connectivity index (χ0v) is 20.8. The van der Waals surface area contributed by atoms with Crippen LogP contribution in [0, 0.1) is 0 Å². The Balaban J connectivity index is 1.93. The maximum atomic E-state index is 13.6. The summed E-state index contributed by atoms with van der Waals surface area (Å²) in [6.07, 6.45) is 1.29. The van der Waals surface area contributed by atoms with Gasteiger partial charge >= 0.3 is 0 Å². The van der Waals surface area contributed by atoms with Crippen molar-refractivity contribution in [2.75, 3.05) is 7.05 Å². The van der Waals surface area contributed by atoms with Gasteiger partial charge in [0.05, 0.1) is 27.5 Å². The molecule has 176 valence electrons. The lowest BCUT2D eigenvalue weighted by Crippen LogP contribution is -2.36.